The van der Waals surface area contributed by atoms with Crippen LogP contribution in [-0.4, -0.2) is 48.0 Å². The van der Waals surface area contributed by atoms with E-state index in [1.54, 1.807) is 6.08 Å². The van der Waals surface area contributed by atoms with Crippen molar-refractivity contribution in [2.24, 2.45) is 10.4 Å². The van der Waals surface area contributed by atoms with Gasteiger partial charge in [0.2, 0.25) is 0 Å². The molecule has 2 aliphatic rings. The Morgan fingerprint density at radius 3 is 2.50 bits per heavy atom. The highest BCUT2D eigenvalue weighted by atomic mass is 16.1. The van der Waals surface area contributed by atoms with E-state index in [0.717, 1.165) is 43.6 Å². The Bertz CT molecular complexity index is 1180. The number of aldehydes is 1. The van der Waals surface area contributed by atoms with Crippen molar-refractivity contribution in [1.82, 2.24) is 9.80 Å². The van der Waals surface area contributed by atoms with Crippen LogP contribution in [0.5, 0.6) is 0 Å². The molecule has 5 heteroatoms. The van der Waals surface area contributed by atoms with E-state index >= 15 is 0 Å². The topological polar surface area (TPSA) is 59.7 Å². The van der Waals surface area contributed by atoms with Crippen LogP contribution in [0.25, 0.3) is 10.8 Å². The smallest absolute Gasteiger partial charge is 0.150 e. The molecule has 1 aliphatic heterocycles. The van der Waals surface area contributed by atoms with Crippen molar-refractivity contribution in [3.8, 4) is 6.07 Å². The number of carbonyl (C=O) groups excluding carboxylic acids is 1. The number of nitrogens with zero attached hydrogens (tertiary/aromatic N) is 4. The molecule has 1 saturated carbocycles. The molecule has 188 valence electrons. The van der Waals surface area contributed by atoms with Crippen LogP contribution in [0, 0.1) is 16.7 Å². The Labute approximate surface area is 215 Å². The predicted molar refractivity (Wildman–Crippen MR) is 148 cm³/mol. The molecular weight excluding hydrogens is 444 g/mol. The van der Waals surface area contributed by atoms with E-state index < -0.39 is 5.41 Å². The first-order valence-electron chi connectivity index (χ1n) is 13.2. The molecule has 2 fully saturated rings. The van der Waals surface area contributed by atoms with Gasteiger partial charge in [-0.3, -0.25) is 19.6 Å². The number of benzene rings is 2. The zero-order chi connectivity index (χ0) is 25.5. The SMILES string of the molecule is C=CN=C(C=C)C1(C#N)CCN(Cc2cc(C=O)c(CN(C)C3CCCCC3)c3ccccc23)CC1. The van der Waals surface area contributed by atoms with Crippen LogP contribution in [0.1, 0.15) is 66.4 Å². The van der Waals surface area contributed by atoms with Crippen LogP contribution in [0.2, 0.25) is 0 Å². The summed E-state index contributed by atoms with van der Waals surface area (Å²) in [6.07, 6.45) is 12.0. The molecule has 0 bridgehead atoms. The summed E-state index contributed by atoms with van der Waals surface area (Å²) in [5.41, 5.74) is 3.19. The molecule has 0 atom stereocenters. The Kier molecular flexibility index (Phi) is 8.51. The van der Waals surface area contributed by atoms with Crippen molar-refractivity contribution in [1.29, 1.82) is 5.26 Å². The fourth-order valence-electron chi connectivity index (χ4n) is 6.08. The molecule has 36 heavy (non-hydrogen) atoms. The number of hydrogen-bond acceptors (Lipinski definition) is 5. The highest BCUT2D eigenvalue weighted by Gasteiger charge is 2.38. The van der Waals surface area contributed by atoms with Crippen molar-refractivity contribution in [3.05, 3.63) is 72.5 Å². The third-order valence-electron chi connectivity index (χ3n) is 8.24. The number of allylic oxidation sites excluding steroid dienone is 1. The molecule has 0 amide bonds. The summed E-state index contributed by atoms with van der Waals surface area (Å²) in [4.78, 5) is 21.4. The number of piperidine rings is 1. The average molecular weight is 483 g/mol. The van der Waals surface area contributed by atoms with Gasteiger partial charge in [-0.1, -0.05) is 56.7 Å². The van der Waals surface area contributed by atoms with Crippen molar-refractivity contribution in [2.75, 3.05) is 20.1 Å². The Hall–Kier alpha value is -3.07. The van der Waals surface area contributed by atoms with Gasteiger partial charge in [0.25, 0.3) is 0 Å². The lowest BCUT2D eigenvalue weighted by molar-refractivity contribution is 0.112. The molecule has 1 saturated heterocycles. The Balaban J connectivity index is 1.58. The first-order chi connectivity index (χ1) is 17.5. The summed E-state index contributed by atoms with van der Waals surface area (Å²) in [6.45, 7) is 10.7. The molecule has 2 aromatic carbocycles. The van der Waals surface area contributed by atoms with Gasteiger partial charge in [0.05, 0.1) is 11.8 Å². The summed E-state index contributed by atoms with van der Waals surface area (Å²) >= 11 is 0. The monoisotopic (exact) mass is 482 g/mol. The lowest BCUT2D eigenvalue weighted by Crippen LogP contribution is -2.42. The number of nitriles is 1. The van der Waals surface area contributed by atoms with Crippen molar-refractivity contribution < 1.29 is 4.79 Å². The lowest BCUT2D eigenvalue weighted by Gasteiger charge is -2.37. The van der Waals surface area contributed by atoms with Gasteiger partial charge in [0.1, 0.15) is 11.7 Å². The van der Waals surface area contributed by atoms with Crippen molar-refractivity contribution >= 4 is 22.8 Å². The van der Waals surface area contributed by atoms with Crippen molar-refractivity contribution in [2.45, 2.75) is 64.1 Å². The maximum atomic E-state index is 12.3. The van der Waals surface area contributed by atoms with Gasteiger partial charge in [0.15, 0.2) is 0 Å². The van der Waals surface area contributed by atoms with Crippen molar-refractivity contribution in [3.63, 3.8) is 0 Å². The molecule has 2 aromatic rings. The van der Waals surface area contributed by atoms with Gasteiger partial charge >= 0.3 is 0 Å². The summed E-state index contributed by atoms with van der Waals surface area (Å²) in [5, 5.41) is 12.4. The second kappa shape index (κ2) is 11.8. The molecule has 1 heterocycles. The molecule has 0 unspecified atom stereocenters. The van der Waals surface area contributed by atoms with Crippen LogP contribution in [0.15, 0.2) is 60.8 Å². The number of aliphatic imine (C=N–C) groups is 1. The van der Waals surface area contributed by atoms with Gasteiger partial charge < -0.3 is 0 Å². The largest absolute Gasteiger partial charge is 0.299 e. The van der Waals surface area contributed by atoms with E-state index in [0.29, 0.717) is 24.6 Å². The number of fused-ring (bicyclic) bond motifs is 1. The maximum Gasteiger partial charge on any atom is 0.150 e. The fraction of sp³-hybridized carbons (Fsp3) is 0.452. The fourth-order valence-corrected chi connectivity index (χ4v) is 6.08. The zero-order valence-electron chi connectivity index (χ0n) is 21.6. The van der Waals surface area contributed by atoms with E-state index in [1.165, 1.54) is 54.6 Å². The normalized spacial score (nSPS) is 19.2. The van der Waals surface area contributed by atoms with E-state index in [2.05, 4.69) is 71.4 Å². The second-order valence-corrected chi connectivity index (χ2v) is 10.3. The third-order valence-corrected chi connectivity index (χ3v) is 8.24. The molecule has 0 radical (unpaired) electrons. The summed E-state index contributed by atoms with van der Waals surface area (Å²) < 4.78 is 0. The number of likely N-dealkylation sites (tertiary alicyclic amines) is 1. The minimum Gasteiger partial charge on any atom is -0.299 e. The van der Waals surface area contributed by atoms with Crippen LogP contribution < -0.4 is 0 Å². The minimum absolute atomic E-state index is 0.593. The number of rotatable bonds is 9. The average Bonchev–Trinajstić information content (AvgIpc) is 2.93. The Morgan fingerprint density at radius 1 is 1.19 bits per heavy atom. The van der Waals surface area contributed by atoms with Crippen LogP contribution in [-0.2, 0) is 13.1 Å². The maximum absolute atomic E-state index is 12.3. The van der Waals surface area contributed by atoms with E-state index in [-0.39, 0.29) is 0 Å². The molecule has 0 N–H and O–H groups in total. The summed E-state index contributed by atoms with van der Waals surface area (Å²) in [7, 11) is 2.20. The highest BCUT2D eigenvalue weighted by molar-refractivity contribution is 6.01. The second-order valence-electron chi connectivity index (χ2n) is 10.3. The number of hydrogen-bond donors (Lipinski definition) is 0. The number of carbonyl (C=O) groups is 1. The molecule has 0 spiro atoms. The highest BCUT2D eigenvalue weighted by Crippen LogP contribution is 2.35. The quantitative estimate of drug-likeness (QED) is 0.311. The molecule has 1 aliphatic carbocycles. The van der Waals surface area contributed by atoms with Gasteiger partial charge in [0, 0.05) is 44.0 Å². The standard InChI is InChI=1S/C31H38N4O/c1-4-30(33-5-2)31(23-32)15-17-35(18-16-31)20-24-19-25(22-36)29(28-14-10-9-13-27(24)28)21-34(3)26-11-7-6-8-12-26/h4-5,9-10,13-14,19,22,26H,1-2,6-8,11-12,15-18,20-21H2,3H3. The molecule has 0 aromatic heterocycles. The van der Waals surface area contributed by atoms with Gasteiger partial charge in [-0.05, 0) is 66.8 Å². The van der Waals surface area contributed by atoms with Gasteiger partial charge in [-0.15, -0.1) is 0 Å². The first-order valence-corrected chi connectivity index (χ1v) is 13.2. The minimum atomic E-state index is -0.615. The van der Waals surface area contributed by atoms with Gasteiger partial charge in [-0.2, -0.15) is 5.26 Å². The van der Waals surface area contributed by atoms with Gasteiger partial charge in [-0.25, -0.2) is 0 Å². The van der Waals surface area contributed by atoms with Crippen LogP contribution in [0.3, 0.4) is 0 Å². The predicted octanol–water partition coefficient (Wildman–Crippen LogP) is 6.29. The van der Waals surface area contributed by atoms with E-state index in [9.17, 15) is 10.1 Å². The van der Waals surface area contributed by atoms with E-state index in [4.69, 9.17) is 0 Å². The lowest BCUT2D eigenvalue weighted by atomic mass is 9.75. The Morgan fingerprint density at radius 2 is 1.89 bits per heavy atom. The molecule has 4 rings (SSSR count). The van der Waals surface area contributed by atoms with Crippen LogP contribution >= 0.6 is 0 Å². The molecular formula is C31H38N4O. The van der Waals surface area contributed by atoms with E-state index in [1.807, 2.05) is 0 Å². The zero-order valence-corrected chi connectivity index (χ0v) is 21.6. The summed E-state index contributed by atoms with van der Waals surface area (Å²) in [6, 6.07) is 13.7. The third kappa shape index (κ3) is 5.36. The van der Waals surface area contributed by atoms with Crippen LogP contribution in [0.4, 0.5) is 0 Å². The first kappa shape index (κ1) is 26.0. The molecule has 5 nitrogen and oxygen atoms in total. The summed E-state index contributed by atoms with van der Waals surface area (Å²) in [5.74, 6) is 0.